The summed E-state index contributed by atoms with van der Waals surface area (Å²) >= 11 is 3.18. The minimum Gasteiger partial charge on any atom is -0.262 e. The molecule has 0 aliphatic heterocycles. The second kappa shape index (κ2) is 4.68. The lowest BCUT2D eigenvalue weighted by molar-refractivity contribution is 0.910. The van der Waals surface area contributed by atoms with Crippen molar-refractivity contribution < 1.29 is 0 Å². The number of H-pyrrole nitrogens is 2. The highest BCUT2D eigenvalue weighted by molar-refractivity contribution is 7.98. The molecule has 0 fully saturated rings. The average molecular weight is 264 g/mol. The molecule has 0 bridgehead atoms. The normalized spacial score (nSPS) is 10.8. The molecule has 0 aliphatic rings. The van der Waals surface area contributed by atoms with Crippen LogP contribution in [-0.4, -0.2) is 30.6 Å². The van der Waals surface area contributed by atoms with Gasteiger partial charge < -0.3 is 0 Å². The van der Waals surface area contributed by atoms with E-state index in [-0.39, 0.29) is 0 Å². The molecule has 0 aromatic carbocycles. The van der Waals surface area contributed by atoms with Crippen molar-refractivity contribution in [3.63, 3.8) is 0 Å². The summed E-state index contributed by atoms with van der Waals surface area (Å²) in [5.41, 5.74) is 0. The van der Waals surface area contributed by atoms with Crippen LogP contribution < -0.4 is 0 Å². The minimum atomic E-state index is 0.699. The van der Waals surface area contributed by atoms with Gasteiger partial charge in [-0.1, -0.05) is 17.8 Å². The lowest BCUT2D eigenvalue weighted by Gasteiger charge is -1.90. The highest BCUT2D eigenvalue weighted by Crippen LogP contribution is 2.22. The lowest BCUT2D eigenvalue weighted by Crippen LogP contribution is -1.84. The number of thioether (sulfide) groups is 1. The van der Waals surface area contributed by atoms with Gasteiger partial charge in [0.15, 0.2) is 5.82 Å². The topological polar surface area (TPSA) is 83.1 Å². The maximum atomic E-state index is 4.42. The molecule has 3 aromatic heterocycles. The van der Waals surface area contributed by atoms with Crippen LogP contribution in [0.2, 0.25) is 0 Å². The minimum absolute atomic E-state index is 0.699. The molecule has 8 heteroatoms. The maximum Gasteiger partial charge on any atom is 0.191 e. The molecule has 6 nitrogen and oxygen atoms in total. The van der Waals surface area contributed by atoms with E-state index in [4.69, 9.17) is 0 Å². The third-order valence-electron chi connectivity index (χ3n) is 2.02. The molecule has 17 heavy (non-hydrogen) atoms. The lowest BCUT2D eigenvalue weighted by atomic mass is 10.4. The summed E-state index contributed by atoms with van der Waals surface area (Å²) in [6.45, 7) is 0. The number of aromatic nitrogens is 6. The molecule has 0 atom stereocenters. The van der Waals surface area contributed by atoms with E-state index >= 15 is 0 Å². The van der Waals surface area contributed by atoms with Gasteiger partial charge in [0.05, 0.1) is 16.8 Å². The Bertz CT molecular complexity index is 570. The fourth-order valence-corrected chi connectivity index (χ4v) is 2.58. The number of hydrogen-bond donors (Lipinski definition) is 2. The van der Waals surface area contributed by atoms with Crippen LogP contribution in [-0.2, 0) is 5.75 Å². The van der Waals surface area contributed by atoms with Crippen molar-refractivity contribution >= 4 is 23.1 Å². The zero-order chi connectivity index (χ0) is 11.5. The first-order valence-corrected chi connectivity index (χ1v) is 6.72. The van der Waals surface area contributed by atoms with Gasteiger partial charge >= 0.3 is 0 Å². The molecule has 3 heterocycles. The molecule has 0 saturated carbocycles. The van der Waals surface area contributed by atoms with Crippen molar-refractivity contribution in [2.24, 2.45) is 0 Å². The molecule has 0 radical (unpaired) electrons. The molecule has 86 valence electrons. The van der Waals surface area contributed by atoms with E-state index in [0.29, 0.717) is 5.75 Å². The molecule has 0 saturated heterocycles. The predicted octanol–water partition coefficient (Wildman–Crippen LogP) is 1.94. The molecular weight excluding hydrogens is 256 g/mol. The molecule has 3 rings (SSSR count). The average Bonchev–Trinajstić information content (AvgIpc) is 3.09. The van der Waals surface area contributed by atoms with Crippen LogP contribution in [0, 0.1) is 0 Å². The van der Waals surface area contributed by atoms with E-state index in [1.54, 1.807) is 29.3 Å². The Morgan fingerprint density at radius 2 is 2.35 bits per heavy atom. The molecule has 0 amide bonds. The monoisotopic (exact) mass is 264 g/mol. The highest BCUT2D eigenvalue weighted by Gasteiger charge is 2.07. The van der Waals surface area contributed by atoms with Gasteiger partial charge in [-0.2, -0.15) is 15.4 Å². The summed E-state index contributed by atoms with van der Waals surface area (Å²) in [6.07, 6.45) is 1.68. The zero-order valence-corrected chi connectivity index (χ0v) is 10.3. The van der Waals surface area contributed by atoms with Crippen molar-refractivity contribution in [3.05, 3.63) is 29.5 Å². The van der Waals surface area contributed by atoms with Crippen LogP contribution in [0.25, 0.3) is 10.7 Å². The van der Waals surface area contributed by atoms with Gasteiger partial charge in [-0.3, -0.25) is 5.10 Å². The van der Waals surface area contributed by atoms with Gasteiger partial charge in [0, 0.05) is 0 Å². The standard InChI is InChI=1S/C9H8N6S2/c1-2-6(16-3-1)9-11-7(12-14-9)5-17-8-4-10-15-13-8/h1-4H,5H2,(H,10,13,15)(H,11,12,14). The zero-order valence-electron chi connectivity index (χ0n) is 8.62. The van der Waals surface area contributed by atoms with Crippen LogP contribution >= 0.6 is 23.1 Å². The number of aromatic amines is 2. The Morgan fingerprint density at radius 1 is 1.35 bits per heavy atom. The summed E-state index contributed by atoms with van der Waals surface area (Å²) in [6, 6.07) is 3.99. The highest BCUT2D eigenvalue weighted by atomic mass is 32.2. The number of thiophene rings is 1. The van der Waals surface area contributed by atoms with E-state index < -0.39 is 0 Å². The molecule has 0 unspecified atom stereocenters. The van der Waals surface area contributed by atoms with E-state index in [0.717, 1.165) is 21.6 Å². The second-order valence-corrected chi connectivity index (χ2v) is 5.12. The summed E-state index contributed by atoms with van der Waals surface area (Å²) in [5.74, 6) is 2.28. The molecular formula is C9H8N6S2. The Hall–Kier alpha value is -1.67. The van der Waals surface area contributed by atoms with E-state index in [1.807, 2.05) is 17.5 Å². The van der Waals surface area contributed by atoms with Crippen molar-refractivity contribution in [1.29, 1.82) is 0 Å². The Kier molecular flexibility index (Phi) is 2.88. The van der Waals surface area contributed by atoms with Gasteiger partial charge in [0.25, 0.3) is 0 Å². The van der Waals surface area contributed by atoms with Crippen LogP contribution in [0.15, 0.2) is 28.7 Å². The van der Waals surface area contributed by atoms with Crippen molar-refractivity contribution in [2.45, 2.75) is 10.8 Å². The van der Waals surface area contributed by atoms with Crippen LogP contribution in [0.1, 0.15) is 5.82 Å². The van der Waals surface area contributed by atoms with E-state index in [1.165, 1.54) is 0 Å². The fourth-order valence-electron chi connectivity index (χ4n) is 1.28. The number of nitrogens with zero attached hydrogens (tertiary/aromatic N) is 4. The number of rotatable bonds is 4. The second-order valence-electron chi connectivity index (χ2n) is 3.18. The first-order chi connectivity index (χ1) is 8.42. The quantitative estimate of drug-likeness (QED) is 0.704. The smallest absolute Gasteiger partial charge is 0.191 e. The largest absolute Gasteiger partial charge is 0.262 e. The Labute approximate surface area is 105 Å². The summed E-state index contributed by atoms with van der Waals surface area (Å²) in [4.78, 5) is 5.49. The predicted molar refractivity (Wildman–Crippen MR) is 65.6 cm³/mol. The van der Waals surface area contributed by atoms with Gasteiger partial charge in [-0.25, -0.2) is 4.98 Å². The Balaban J connectivity index is 1.69. The van der Waals surface area contributed by atoms with Crippen LogP contribution in [0.3, 0.4) is 0 Å². The van der Waals surface area contributed by atoms with Crippen LogP contribution in [0.5, 0.6) is 0 Å². The van der Waals surface area contributed by atoms with Crippen molar-refractivity contribution in [3.8, 4) is 10.7 Å². The Morgan fingerprint density at radius 3 is 3.12 bits per heavy atom. The fraction of sp³-hybridized carbons (Fsp3) is 0.111. The first-order valence-electron chi connectivity index (χ1n) is 4.85. The summed E-state index contributed by atoms with van der Waals surface area (Å²) in [5, 5.41) is 20.2. The first kappa shape index (κ1) is 10.5. The molecule has 3 aromatic rings. The van der Waals surface area contributed by atoms with E-state index in [9.17, 15) is 0 Å². The van der Waals surface area contributed by atoms with E-state index in [2.05, 4.69) is 30.6 Å². The number of hydrogen-bond acceptors (Lipinski definition) is 6. The van der Waals surface area contributed by atoms with Gasteiger partial charge in [-0.05, 0) is 11.4 Å². The third kappa shape index (κ3) is 2.37. The van der Waals surface area contributed by atoms with Crippen LogP contribution in [0.4, 0.5) is 0 Å². The molecule has 2 N–H and O–H groups in total. The summed E-state index contributed by atoms with van der Waals surface area (Å²) in [7, 11) is 0. The summed E-state index contributed by atoms with van der Waals surface area (Å²) < 4.78 is 0. The van der Waals surface area contributed by atoms with Gasteiger partial charge in [0.1, 0.15) is 10.9 Å². The third-order valence-corrected chi connectivity index (χ3v) is 3.80. The maximum absolute atomic E-state index is 4.42. The number of nitrogens with one attached hydrogen (secondary N) is 2. The van der Waals surface area contributed by atoms with Crippen molar-refractivity contribution in [2.75, 3.05) is 0 Å². The van der Waals surface area contributed by atoms with Gasteiger partial charge in [0.2, 0.25) is 0 Å². The molecule has 0 aliphatic carbocycles. The SMILES string of the molecule is c1csc(-c2n[nH]c(CSc3cn[nH]n3)n2)c1. The van der Waals surface area contributed by atoms with Gasteiger partial charge in [-0.15, -0.1) is 16.4 Å². The van der Waals surface area contributed by atoms with Crippen molar-refractivity contribution in [1.82, 2.24) is 30.6 Å². The molecule has 0 spiro atoms.